The number of aromatic nitrogens is 4. The largest absolute Gasteiger partial charge is 0.478 e. The highest BCUT2D eigenvalue weighted by molar-refractivity contribution is 6.53. The molecular formula is C39H29BCl4N6O4. The van der Waals surface area contributed by atoms with Crippen LogP contribution in [0.15, 0.2) is 121 Å². The molecule has 0 atom stereocenters. The summed E-state index contributed by atoms with van der Waals surface area (Å²) in [7, 11) is -0.648. The number of pyridine rings is 4. The Hall–Kier alpha value is -5.56. The SMILES string of the molecule is CB(O)Nc1cc2ccccc2nc1Cl.Nc1cc2ccccc2nc1Cl.O=C(O)c1cc2ccccc2nc1Cl.O=Cc1cc2ccccc2nc1Cl. The molecular weight excluding hydrogens is 769 g/mol. The maximum Gasteiger partial charge on any atom is 0.406 e. The molecule has 0 fully saturated rings. The molecule has 4 aromatic heterocycles. The number of nitrogens with two attached hydrogens (primary N) is 1. The summed E-state index contributed by atoms with van der Waals surface area (Å²) < 4.78 is 0. The predicted molar refractivity (Wildman–Crippen MR) is 221 cm³/mol. The van der Waals surface area contributed by atoms with E-state index in [1.54, 1.807) is 25.0 Å². The van der Waals surface area contributed by atoms with E-state index in [0.29, 0.717) is 39.0 Å². The number of benzene rings is 4. The first-order valence-corrected chi connectivity index (χ1v) is 17.5. The van der Waals surface area contributed by atoms with E-state index < -0.39 is 13.0 Å². The highest BCUT2D eigenvalue weighted by Gasteiger charge is 2.11. The summed E-state index contributed by atoms with van der Waals surface area (Å²) in [6, 6.07) is 37.1. The van der Waals surface area contributed by atoms with Crippen LogP contribution in [0.5, 0.6) is 0 Å². The van der Waals surface area contributed by atoms with Crippen molar-refractivity contribution in [1.29, 1.82) is 0 Å². The van der Waals surface area contributed by atoms with Gasteiger partial charge in [-0.2, -0.15) is 0 Å². The van der Waals surface area contributed by atoms with Crippen LogP contribution in [-0.4, -0.2) is 49.4 Å². The first-order valence-electron chi connectivity index (χ1n) is 16.0. The number of carbonyl (C=O) groups is 2. The number of rotatable bonds is 4. The van der Waals surface area contributed by atoms with Gasteiger partial charge in [0.25, 0.3) is 0 Å². The topological polar surface area (TPSA) is 164 Å². The van der Waals surface area contributed by atoms with Gasteiger partial charge in [-0.05, 0) is 55.4 Å². The highest BCUT2D eigenvalue weighted by atomic mass is 35.5. The molecule has 0 amide bonds. The third-order valence-electron chi connectivity index (χ3n) is 7.49. The Kier molecular flexibility index (Phi) is 13.6. The molecule has 0 unspecified atom stereocenters. The number of carbonyl (C=O) groups excluding carboxylic acids is 1. The molecule has 0 saturated carbocycles. The fraction of sp³-hybridized carbons (Fsp3) is 0.0256. The van der Waals surface area contributed by atoms with E-state index in [4.69, 9.17) is 57.2 Å². The maximum atomic E-state index is 10.7. The Morgan fingerprint density at radius 2 is 1.04 bits per heavy atom. The van der Waals surface area contributed by atoms with Crippen LogP contribution in [0.25, 0.3) is 43.6 Å². The molecule has 0 saturated heterocycles. The summed E-state index contributed by atoms with van der Waals surface area (Å²) in [5.74, 6) is -1.06. The van der Waals surface area contributed by atoms with Gasteiger partial charge >= 0.3 is 13.0 Å². The van der Waals surface area contributed by atoms with Crippen molar-refractivity contribution in [2.75, 3.05) is 11.0 Å². The molecule has 15 heteroatoms. The molecule has 4 aromatic carbocycles. The Labute approximate surface area is 329 Å². The molecule has 8 rings (SSSR count). The van der Waals surface area contributed by atoms with E-state index in [0.717, 1.165) is 38.1 Å². The summed E-state index contributed by atoms with van der Waals surface area (Å²) in [6.45, 7) is 1.63. The minimum absolute atomic E-state index is 0.0243. The fourth-order valence-electron chi connectivity index (χ4n) is 4.96. The van der Waals surface area contributed by atoms with Gasteiger partial charge in [0.05, 0.1) is 44.6 Å². The lowest BCUT2D eigenvalue weighted by molar-refractivity contribution is 0.0696. The van der Waals surface area contributed by atoms with Crippen LogP contribution in [0.4, 0.5) is 11.4 Å². The van der Waals surface area contributed by atoms with Gasteiger partial charge < -0.3 is 21.1 Å². The van der Waals surface area contributed by atoms with E-state index in [-0.39, 0.29) is 15.9 Å². The van der Waals surface area contributed by atoms with Crippen LogP contribution >= 0.6 is 46.4 Å². The van der Waals surface area contributed by atoms with Crippen LogP contribution in [0, 0.1) is 0 Å². The van der Waals surface area contributed by atoms with Gasteiger partial charge in [-0.25, -0.2) is 24.7 Å². The standard InChI is InChI=1S/C10H10BClN2O.C10H6ClNO2.C10H6ClNO.C9H7ClN2/c1-11(15)14-9-6-7-4-2-3-5-8(7)13-10(9)12;11-9-7(10(13)14)5-6-3-1-2-4-8(6)12-9;11-10-8(6-13)5-7-3-1-2-4-9(7)12-10;10-9-7(11)5-6-3-1-2-4-8(6)12-9/h2-6,14-15H,1H3;1-5H,(H,13,14);1-6H;1-5H,11H2. The van der Waals surface area contributed by atoms with Crippen molar-refractivity contribution in [2.24, 2.45) is 0 Å². The van der Waals surface area contributed by atoms with E-state index in [1.807, 2.05) is 97.1 Å². The summed E-state index contributed by atoms with van der Waals surface area (Å²) in [5.41, 5.74) is 10.4. The number of fused-ring (bicyclic) bond motifs is 4. The van der Waals surface area contributed by atoms with E-state index in [9.17, 15) is 14.6 Å². The maximum absolute atomic E-state index is 10.7. The molecule has 0 aliphatic heterocycles. The molecule has 270 valence electrons. The van der Waals surface area contributed by atoms with Crippen LogP contribution in [-0.2, 0) is 0 Å². The first kappa shape index (κ1) is 39.6. The number of hydrogen-bond donors (Lipinski definition) is 4. The van der Waals surface area contributed by atoms with Crippen molar-refractivity contribution in [3.63, 3.8) is 0 Å². The van der Waals surface area contributed by atoms with Crippen LogP contribution in [0.2, 0.25) is 27.4 Å². The number of nitrogen functional groups attached to an aromatic ring is 1. The molecule has 0 radical (unpaired) electrons. The number of anilines is 2. The molecule has 4 heterocycles. The van der Waals surface area contributed by atoms with Gasteiger partial charge in [0.2, 0.25) is 0 Å². The van der Waals surface area contributed by atoms with E-state index >= 15 is 0 Å². The quantitative estimate of drug-likeness (QED) is 0.0765. The molecule has 0 aliphatic rings. The summed E-state index contributed by atoms with van der Waals surface area (Å²) in [5, 5.41) is 25.6. The Morgan fingerprint density at radius 1 is 0.630 bits per heavy atom. The number of nitrogens with zero attached hydrogens (tertiary/aromatic N) is 4. The van der Waals surface area contributed by atoms with Crippen LogP contribution in [0.1, 0.15) is 20.7 Å². The average molecular weight is 798 g/mol. The third-order valence-corrected chi connectivity index (χ3v) is 8.67. The fourth-order valence-corrected chi connectivity index (χ4v) is 5.72. The van der Waals surface area contributed by atoms with Crippen LogP contribution < -0.4 is 11.0 Å². The second-order valence-corrected chi connectivity index (χ2v) is 12.8. The average Bonchev–Trinajstić information content (AvgIpc) is 3.15. The van der Waals surface area contributed by atoms with Crippen molar-refractivity contribution in [3.05, 3.63) is 153 Å². The number of para-hydroxylation sites is 4. The van der Waals surface area contributed by atoms with Gasteiger partial charge in [-0.3, -0.25) is 4.79 Å². The Bertz CT molecular complexity index is 2570. The molecule has 0 spiro atoms. The molecule has 54 heavy (non-hydrogen) atoms. The number of nitrogens with one attached hydrogen (secondary N) is 1. The van der Waals surface area contributed by atoms with Crippen molar-refractivity contribution in [3.8, 4) is 0 Å². The predicted octanol–water partition coefficient (Wildman–Crippen LogP) is 10.2. The minimum atomic E-state index is -1.06. The number of hydrogen-bond acceptors (Lipinski definition) is 9. The minimum Gasteiger partial charge on any atom is -0.478 e. The zero-order valence-electron chi connectivity index (χ0n) is 28.3. The second kappa shape index (κ2) is 18.5. The molecule has 0 aliphatic carbocycles. The molecule has 10 nitrogen and oxygen atoms in total. The van der Waals surface area contributed by atoms with Gasteiger partial charge in [0, 0.05) is 21.5 Å². The Balaban J connectivity index is 0.000000139. The first-order chi connectivity index (χ1) is 25.9. The number of aromatic carboxylic acids is 1. The Morgan fingerprint density at radius 3 is 1.52 bits per heavy atom. The lowest BCUT2D eigenvalue weighted by Crippen LogP contribution is -2.19. The molecule has 0 bridgehead atoms. The summed E-state index contributed by atoms with van der Waals surface area (Å²) >= 11 is 23.2. The van der Waals surface area contributed by atoms with Crippen molar-refractivity contribution >= 4 is 121 Å². The lowest BCUT2D eigenvalue weighted by Gasteiger charge is -2.08. The van der Waals surface area contributed by atoms with Crippen LogP contribution in [0.3, 0.4) is 0 Å². The van der Waals surface area contributed by atoms with Crippen molar-refractivity contribution in [1.82, 2.24) is 19.9 Å². The lowest BCUT2D eigenvalue weighted by atomic mass is 9.88. The van der Waals surface area contributed by atoms with Gasteiger partial charge in [-0.15, -0.1) is 0 Å². The smallest absolute Gasteiger partial charge is 0.406 e. The summed E-state index contributed by atoms with van der Waals surface area (Å²) in [4.78, 5) is 37.7. The van der Waals surface area contributed by atoms with Crippen molar-refractivity contribution in [2.45, 2.75) is 6.82 Å². The number of carboxylic acids is 1. The second-order valence-electron chi connectivity index (χ2n) is 11.4. The molecule has 5 N–H and O–H groups in total. The van der Waals surface area contributed by atoms with E-state index in [1.165, 1.54) is 6.07 Å². The number of aldehydes is 1. The summed E-state index contributed by atoms with van der Waals surface area (Å²) in [6.07, 6.45) is 0.710. The highest BCUT2D eigenvalue weighted by Crippen LogP contribution is 2.25. The number of carboxylic acid groups (broad SMARTS) is 1. The van der Waals surface area contributed by atoms with Gasteiger partial charge in [-0.1, -0.05) is 119 Å². The van der Waals surface area contributed by atoms with E-state index in [2.05, 4.69) is 25.2 Å². The normalized spacial score (nSPS) is 10.3. The van der Waals surface area contributed by atoms with Gasteiger partial charge in [0.1, 0.15) is 10.3 Å². The zero-order chi connectivity index (χ0) is 38.8. The number of halogens is 4. The zero-order valence-corrected chi connectivity index (χ0v) is 31.3. The van der Waals surface area contributed by atoms with Crippen molar-refractivity contribution < 1.29 is 19.7 Å². The monoisotopic (exact) mass is 796 g/mol. The molecule has 8 aromatic rings. The van der Waals surface area contributed by atoms with Gasteiger partial charge in [0.15, 0.2) is 16.6 Å². The third kappa shape index (κ3) is 10.3.